The Bertz CT molecular complexity index is 184. The summed E-state index contributed by atoms with van der Waals surface area (Å²) in [5, 5.41) is 17.4. The first-order valence-electron chi connectivity index (χ1n) is 6.00. The van der Waals surface area contributed by atoms with Crippen molar-refractivity contribution in [2.24, 2.45) is 0 Å². The molecule has 0 aromatic heterocycles. The number of nitrogens with zero attached hydrogens (tertiary/aromatic N) is 1. The van der Waals surface area contributed by atoms with Gasteiger partial charge in [-0.05, 0) is 38.8 Å². The number of unbranched alkanes of at least 4 members (excludes halogenated alkanes) is 2. The van der Waals surface area contributed by atoms with E-state index in [1.807, 2.05) is 0 Å². The number of aliphatic hydroxyl groups excluding tert-OH is 2. The van der Waals surface area contributed by atoms with E-state index in [1.54, 1.807) is 0 Å². The largest absolute Gasteiger partial charge is 0.396 e. The highest BCUT2D eigenvalue weighted by Crippen LogP contribution is 2.13. The van der Waals surface area contributed by atoms with Crippen LogP contribution in [0.15, 0.2) is 0 Å². The predicted octanol–water partition coefficient (Wildman–Crippen LogP) is 0.232. The molecule has 0 aliphatic rings. The summed E-state index contributed by atoms with van der Waals surface area (Å²) in [6.45, 7) is 2.89. The predicted molar refractivity (Wildman–Crippen MR) is 66.3 cm³/mol. The lowest BCUT2D eigenvalue weighted by molar-refractivity contribution is 0.186. The second kappa shape index (κ2) is 12.5. The van der Waals surface area contributed by atoms with Crippen molar-refractivity contribution in [2.45, 2.75) is 25.7 Å². The van der Waals surface area contributed by atoms with Crippen LogP contribution in [0.2, 0.25) is 0 Å². The van der Waals surface area contributed by atoms with Gasteiger partial charge in [-0.3, -0.25) is 4.57 Å². The van der Waals surface area contributed by atoms with Crippen molar-refractivity contribution in [3.8, 4) is 0 Å². The van der Waals surface area contributed by atoms with Crippen molar-refractivity contribution in [2.75, 3.05) is 39.5 Å². The third-order valence-electron chi connectivity index (χ3n) is 2.40. The summed E-state index contributed by atoms with van der Waals surface area (Å²) in [5.41, 5.74) is 0. The van der Waals surface area contributed by atoms with Crippen LogP contribution in [0.25, 0.3) is 0 Å². The van der Waals surface area contributed by atoms with Gasteiger partial charge in [-0.15, -0.1) is 0 Å². The van der Waals surface area contributed by atoms with Gasteiger partial charge in [-0.1, -0.05) is 0 Å². The average Bonchev–Trinajstić information content (AvgIpc) is 2.28. The molecule has 3 N–H and O–H groups in total. The van der Waals surface area contributed by atoms with E-state index in [2.05, 4.69) is 9.42 Å². The average molecular weight is 269 g/mol. The Morgan fingerprint density at radius 2 is 1.47 bits per heavy atom. The minimum atomic E-state index is -2.84. The highest BCUT2D eigenvalue weighted by Gasteiger charge is 2.05. The Morgan fingerprint density at radius 1 is 0.941 bits per heavy atom. The molecule has 104 valence electrons. The zero-order valence-electron chi connectivity index (χ0n) is 10.2. The van der Waals surface area contributed by atoms with Crippen molar-refractivity contribution < 1.29 is 24.2 Å². The van der Waals surface area contributed by atoms with E-state index in [9.17, 15) is 4.57 Å². The van der Waals surface area contributed by atoms with Crippen LogP contribution in [0.1, 0.15) is 25.7 Å². The normalized spacial score (nSPS) is 13.2. The maximum atomic E-state index is 10.4. The highest BCUT2D eigenvalue weighted by molar-refractivity contribution is 7.32. The second-order valence-corrected chi connectivity index (χ2v) is 4.64. The third kappa shape index (κ3) is 12.3. The maximum absolute atomic E-state index is 10.4. The van der Waals surface area contributed by atoms with Gasteiger partial charge >= 0.3 is 8.25 Å². The molecule has 0 rings (SSSR count). The molecular weight excluding hydrogens is 245 g/mol. The SMILES string of the molecule is O=[PH](O)OCCN(CCCCO)CCCCO. The number of aliphatic hydroxyl groups is 2. The van der Waals surface area contributed by atoms with E-state index in [-0.39, 0.29) is 19.8 Å². The molecule has 0 saturated carbocycles. The van der Waals surface area contributed by atoms with Crippen molar-refractivity contribution in [3.05, 3.63) is 0 Å². The fourth-order valence-corrected chi connectivity index (χ4v) is 1.76. The fraction of sp³-hybridized carbons (Fsp3) is 1.00. The third-order valence-corrected chi connectivity index (χ3v) is 2.85. The lowest BCUT2D eigenvalue weighted by Gasteiger charge is -2.21. The molecule has 1 unspecified atom stereocenters. The van der Waals surface area contributed by atoms with Gasteiger partial charge in [0.05, 0.1) is 6.61 Å². The molecule has 0 spiro atoms. The van der Waals surface area contributed by atoms with Crippen LogP contribution >= 0.6 is 8.25 Å². The molecule has 17 heavy (non-hydrogen) atoms. The van der Waals surface area contributed by atoms with Crippen LogP contribution < -0.4 is 0 Å². The molecular formula is C10H24NO5P. The molecule has 0 radical (unpaired) electrons. The molecule has 0 bridgehead atoms. The van der Waals surface area contributed by atoms with Gasteiger partial charge in [0.25, 0.3) is 0 Å². The molecule has 0 amide bonds. The number of hydrogen-bond donors (Lipinski definition) is 3. The zero-order valence-corrected chi connectivity index (χ0v) is 11.2. The van der Waals surface area contributed by atoms with Crippen LogP contribution in [-0.2, 0) is 9.09 Å². The molecule has 0 aliphatic carbocycles. The molecule has 6 nitrogen and oxygen atoms in total. The molecule has 0 saturated heterocycles. The molecule has 0 heterocycles. The molecule has 0 fully saturated rings. The van der Waals surface area contributed by atoms with E-state index >= 15 is 0 Å². The fourth-order valence-electron chi connectivity index (χ4n) is 1.49. The summed E-state index contributed by atoms with van der Waals surface area (Å²) in [4.78, 5) is 10.7. The van der Waals surface area contributed by atoms with Crippen molar-refractivity contribution in [1.29, 1.82) is 0 Å². The second-order valence-electron chi connectivity index (χ2n) is 3.82. The Kier molecular flexibility index (Phi) is 12.5. The lowest BCUT2D eigenvalue weighted by Crippen LogP contribution is -2.29. The smallest absolute Gasteiger partial charge is 0.316 e. The monoisotopic (exact) mass is 269 g/mol. The number of rotatable bonds is 12. The molecule has 0 aromatic carbocycles. The quantitative estimate of drug-likeness (QED) is 0.347. The van der Waals surface area contributed by atoms with Crippen molar-refractivity contribution in [3.63, 3.8) is 0 Å². The van der Waals surface area contributed by atoms with Gasteiger partial charge in [0.1, 0.15) is 0 Å². The first-order valence-corrected chi connectivity index (χ1v) is 7.27. The van der Waals surface area contributed by atoms with E-state index in [0.29, 0.717) is 6.54 Å². The lowest BCUT2D eigenvalue weighted by atomic mass is 10.2. The van der Waals surface area contributed by atoms with Crippen molar-refractivity contribution in [1.82, 2.24) is 4.90 Å². The number of hydrogen-bond acceptors (Lipinski definition) is 5. The summed E-state index contributed by atoms with van der Waals surface area (Å²) in [7, 11) is -2.84. The Balaban J connectivity index is 3.71. The molecule has 7 heteroatoms. The topological polar surface area (TPSA) is 90.2 Å². The Hall–Kier alpha value is 0.0300. The minimum absolute atomic E-state index is 0.186. The van der Waals surface area contributed by atoms with Gasteiger partial charge in [0, 0.05) is 19.8 Å². The molecule has 1 atom stereocenters. The van der Waals surface area contributed by atoms with Gasteiger partial charge in [-0.2, -0.15) is 0 Å². The summed E-state index contributed by atoms with van der Waals surface area (Å²) < 4.78 is 15.0. The first kappa shape index (κ1) is 17.0. The Labute approximate surface area is 103 Å². The standard InChI is InChI=1S/C10H24NO5P/c12-8-3-1-5-11(6-2-4-9-13)7-10-16-17(14)15/h12-13,17H,1-10H2,(H,14,15). The molecule has 0 aromatic rings. The van der Waals surface area contributed by atoms with Crippen molar-refractivity contribution >= 4 is 8.25 Å². The highest BCUT2D eigenvalue weighted by atomic mass is 31.1. The van der Waals surface area contributed by atoms with Crippen LogP contribution in [0.3, 0.4) is 0 Å². The van der Waals surface area contributed by atoms with Gasteiger partial charge in [0.15, 0.2) is 0 Å². The summed E-state index contributed by atoms with van der Waals surface area (Å²) in [6, 6.07) is 0. The van der Waals surface area contributed by atoms with Gasteiger partial charge in [0.2, 0.25) is 0 Å². The maximum Gasteiger partial charge on any atom is 0.316 e. The van der Waals surface area contributed by atoms with E-state index in [4.69, 9.17) is 15.1 Å². The summed E-state index contributed by atoms with van der Waals surface area (Å²) in [5.74, 6) is 0. The Morgan fingerprint density at radius 3 is 1.88 bits per heavy atom. The summed E-state index contributed by atoms with van der Waals surface area (Å²) in [6.07, 6.45) is 3.30. The van der Waals surface area contributed by atoms with Crippen LogP contribution in [0, 0.1) is 0 Å². The summed E-state index contributed by atoms with van der Waals surface area (Å²) >= 11 is 0. The minimum Gasteiger partial charge on any atom is -0.396 e. The van der Waals surface area contributed by atoms with Crippen LogP contribution in [-0.4, -0.2) is 59.5 Å². The van der Waals surface area contributed by atoms with Crippen LogP contribution in [0.4, 0.5) is 0 Å². The van der Waals surface area contributed by atoms with E-state index in [1.165, 1.54) is 0 Å². The van der Waals surface area contributed by atoms with E-state index in [0.717, 1.165) is 38.8 Å². The zero-order chi connectivity index (χ0) is 12.9. The first-order chi connectivity index (χ1) is 8.20. The molecule has 0 aliphatic heterocycles. The van der Waals surface area contributed by atoms with E-state index < -0.39 is 8.25 Å². The van der Waals surface area contributed by atoms with Crippen LogP contribution in [0.5, 0.6) is 0 Å². The van der Waals surface area contributed by atoms with Gasteiger partial charge in [-0.25, -0.2) is 0 Å². The van der Waals surface area contributed by atoms with Gasteiger partial charge < -0.3 is 24.5 Å².